The predicted molar refractivity (Wildman–Crippen MR) is 123 cm³/mol. The molecule has 8 heteroatoms. The van der Waals surface area contributed by atoms with E-state index in [1.54, 1.807) is 24.3 Å². The Labute approximate surface area is 190 Å². The van der Waals surface area contributed by atoms with Gasteiger partial charge < -0.3 is 14.8 Å². The van der Waals surface area contributed by atoms with E-state index in [2.05, 4.69) is 5.32 Å². The molecule has 1 heterocycles. The second-order valence-electron chi connectivity index (χ2n) is 7.86. The fourth-order valence-electron chi connectivity index (χ4n) is 3.76. The van der Waals surface area contributed by atoms with Crippen LogP contribution >= 0.6 is 0 Å². The van der Waals surface area contributed by atoms with Crippen LogP contribution in [0.15, 0.2) is 47.4 Å². The summed E-state index contributed by atoms with van der Waals surface area (Å²) in [4.78, 5) is 13.0. The average molecular weight is 461 g/mol. The molecule has 1 aliphatic rings. The third-order valence-electron chi connectivity index (χ3n) is 5.56. The van der Waals surface area contributed by atoms with E-state index < -0.39 is 10.0 Å². The molecule has 0 aliphatic carbocycles. The SMILES string of the molecule is CCOc1ccc(CNC(=O)C2CCN(S(=O)(=O)c3ccc(C)cc3)CC2)cc1OCC. The summed E-state index contributed by atoms with van der Waals surface area (Å²) in [7, 11) is -3.53. The van der Waals surface area contributed by atoms with Gasteiger partial charge in [-0.15, -0.1) is 0 Å². The first-order chi connectivity index (χ1) is 15.3. The highest BCUT2D eigenvalue weighted by Gasteiger charge is 2.32. The largest absolute Gasteiger partial charge is 0.490 e. The van der Waals surface area contributed by atoms with Gasteiger partial charge in [-0.3, -0.25) is 4.79 Å². The second kappa shape index (κ2) is 10.8. The zero-order chi connectivity index (χ0) is 23.1. The lowest BCUT2D eigenvalue weighted by molar-refractivity contribution is -0.126. The highest BCUT2D eigenvalue weighted by Crippen LogP contribution is 2.29. The van der Waals surface area contributed by atoms with Crippen molar-refractivity contribution in [1.29, 1.82) is 0 Å². The number of aryl methyl sites for hydroxylation is 1. The first kappa shape index (κ1) is 24.1. The molecule has 2 aromatic rings. The number of benzene rings is 2. The minimum atomic E-state index is -3.53. The number of rotatable bonds is 9. The molecule has 0 radical (unpaired) electrons. The van der Waals surface area contributed by atoms with Crippen LogP contribution in [0.2, 0.25) is 0 Å². The van der Waals surface area contributed by atoms with Crippen molar-refractivity contribution in [3.63, 3.8) is 0 Å². The number of hydrogen-bond donors (Lipinski definition) is 1. The van der Waals surface area contributed by atoms with Crippen LogP contribution in [0.3, 0.4) is 0 Å². The van der Waals surface area contributed by atoms with E-state index in [-0.39, 0.29) is 11.8 Å². The summed E-state index contributed by atoms with van der Waals surface area (Å²) in [6.07, 6.45) is 1.01. The van der Waals surface area contributed by atoms with Gasteiger partial charge in [0.1, 0.15) is 0 Å². The van der Waals surface area contributed by atoms with E-state index in [9.17, 15) is 13.2 Å². The van der Waals surface area contributed by atoms with Gasteiger partial charge in [0.05, 0.1) is 18.1 Å². The van der Waals surface area contributed by atoms with Gasteiger partial charge in [0.2, 0.25) is 15.9 Å². The number of sulfonamides is 1. The summed E-state index contributed by atoms with van der Waals surface area (Å²) in [5.41, 5.74) is 1.94. The van der Waals surface area contributed by atoms with Crippen molar-refractivity contribution in [2.45, 2.75) is 45.1 Å². The van der Waals surface area contributed by atoms with Gasteiger partial charge in [-0.05, 0) is 63.4 Å². The smallest absolute Gasteiger partial charge is 0.243 e. The Morgan fingerprint density at radius 1 is 1.00 bits per heavy atom. The molecule has 1 N–H and O–H groups in total. The first-order valence-corrected chi connectivity index (χ1v) is 12.5. The van der Waals surface area contributed by atoms with Crippen molar-refractivity contribution in [1.82, 2.24) is 9.62 Å². The maximum atomic E-state index is 12.8. The molecule has 0 saturated carbocycles. The molecule has 0 aromatic heterocycles. The zero-order valence-electron chi connectivity index (χ0n) is 19.0. The van der Waals surface area contributed by atoms with Crippen LogP contribution in [0, 0.1) is 12.8 Å². The van der Waals surface area contributed by atoms with Crippen molar-refractivity contribution in [2.24, 2.45) is 5.92 Å². The topological polar surface area (TPSA) is 84.9 Å². The van der Waals surface area contributed by atoms with Crippen molar-refractivity contribution in [3.8, 4) is 11.5 Å². The number of amides is 1. The molecule has 0 atom stereocenters. The van der Waals surface area contributed by atoms with Crippen molar-refractivity contribution in [3.05, 3.63) is 53.6 Å². The number of carbonyl (C=O) groups is 1. The van der Waals surface area contributed by atoms with E-state index in [1.807, 2.05) is 39.0 Å². The molecule has 7 nitrogen and oxygen atoms in total. The summed E-state index contributed by atoms with van der Waals surface area (Å²) in [6, 6.07) is 12.5. The molecule has 0 unspecified atom stereocenters. The molecule has 1 fully saturated rings. The van der Waals surface area contributed by atoms with E-state index in [0.717, 1.165) is 11.1 Å². The lowest BCUT2D eigenvalue weighted by Crippen LogP contribution is -2.42. The predicted octanol–water partition coefficient (Wildman–Crippen LogP) is 3.51. The van der Waals surface area contributed by atoms with Crippen LogP contribution < -0.4 is 14.8 Å². The fourth-order valence-corrected chi connectivity index (χ4v) is 5.23. The van der Waals surface area contributed by atoms with Crippen LogP contribution in [0.25, 0.3) is 0 Å². The molecule has 2 aromatic carbocycles. The van der Waals surface area contributed by atoms with Gasteiger partial charge in [-0.25, -0.2) is 8.42 Å². The molecule has 174 valence electrons. The van der Waals surface area contributed by atoms with Crippen LogP contribution in [0.1, 0.15) is 37.8 Å². The van der Waals surface area contributed by atoms with Crippen LogP contribution in [0.5, 0.6) is 11.5 Å². The van der Waals surface area contributed by atoms with Crippen LogP contribution in [-0.2, 0) is 21.4 Å². The lowest BCUT2D eigenvalue weighted by atomic mass is 9.97. The summed E-state index contributed by atoms with van der Waals surface area (Å²) in [6.45, 7) is 7.89. The standard InChI is InChI=1S/C24H32N2O5S/c1-4-30-22-11-8-19(16-23(22)31-5-2)17-25-24(27)20-12-14-26(15-13-20)32(28,29)21-9-6-18(3)7-10-21/h6-11,16,20H,4-5,12-15,17H2,1-3H3,(H,25,27). The Morgan fingerprint density at radius 3 is 2.25 bits per heavy atom. The van der Waals surface area contributed by atoms with Gasteiger partial charge in [0.25, 0.3) is 0 Å². The third kappa shape index (κ3) is 5.81. The maximum absolute atomic E-state index is 12.8. The highest BCUT2D eigenvalue weighted by atomic mass is 32.2. The monoisotopic (exact) mass is 460 g/mol. The van der Waals surface area contributed by atoms with E-state index in [0.29, 0.717) is 62.1 Å². The molecule has 0 bridgehead atoms. The van der Waals surface area contributed by atoms with Gasteiger partial charge in [0.15, 0.2) is 11.5 Å². The van der Waals surface area contributed by atoms with Gasteiger partial charge in [-0.2, -0.15) is 4.31 Å². The molecule has 1 aliphatic heterocycles. The second-order valence-corrected chi connectivity index (χ2v) is 9.79. The molecular weight excluding hydrogens is 428 g/mol. The number of hydrogen-bond acceptors (Lipinski definition) is 5. The average Bonchev–Trinajstić information content (AvgIpc) is 2.79. The van der Waals surface area contributed by atoms with Crippen molar-refractivity contribution >= 4 is 15.9 Å². The van der Waals surface area contributed by atoms with E-state index in [1.165, 1.54) is 4.31 Å². The minimum Gasteiger partial charge on any atom is -0.490 e. The van der Waals surface area contributed by atoms with Crippen LogP contribution in [0.4, 0.5) is 0 Å². The summed E-state index contributed by atoms with van der Waals surface area (Å²) >= 11 is 0. The number of ether oxygens (including phenoxy) is 2. The zero-order valence-corrected chi connectivity index (χ0v) is 19.8. The normalized spacial score (nSPS) is 15.3. The molecule has 3 rings (SSSR count). The lowest BCUT2D eigenvalue weighted by Gasteiger charge is -2.30. The van der Waals surface area contributed by atoms with Crippen LogP contribution in [-0.4, -0.2) is 44.9 Å². The molecule has 1 saturated heterocycles. The van der Waals surface area contributed by atoms with Gasteiger partial charge in [0, 0.05) is 25.6 Å². The number of nitrogens with one attached hydrogen (secondary N) is 1. The minimum absolute atomic E-state index is 0.0516. The summed E-state index contributed by atoms with van der Waals surface area (Å²) < 4.78 is 38.4. The molecule has 32 heavy (non-hydrogen) atoms. The number of carbonyl (C=O) groups excluding carboxylic acids is 1. The molecule has 0 spiro atoms. The Kier molecular flexibility index (Phi) is 8.15. The summed E-state index contributed by atoms with van der Waals surface area (Å²) in [5, 5.41) is 2.98. The number of nitrogens with zero attached hydrogens (tertiary/aromatic N) is 1. The first-order valence-electron chi connectivity index (χ1n) is 11.1. The van der Waals surface area contributed by atoms with E-state index in [4.69, 9.17) is 9.47 Å². The third-order valence-corrected chi connectivity index (χ3v) is 7.47. The van der Waals surface area contributed by atoms with Gasteiger partial charge >= 0.3 is 0 Å². The van der Waals surface area contributed by atoms with Gasteiger partial charge in [-0.1, -0.05) is 23.8 Å². The molecular formula is C24H32N2O5S. The fraction of sp³-hybridized carbons (Fsp3) is 0.458. The Balaban J connectivity index is 1.54. The quantitative estimate of drug-likeness (QED) is 0.619. The Bertz CT molecular complexity index is 1010. The Hall–Kier alpha value is -2.58. The van der Waals surface area contributed by atoms with Crippen molar-refractivity contribution < 1.29 is 22.7 Å². The highest BCUT2D eigenvalue weighted by molar-refractivity contribution is 7.89. The van der Waals surface area contributed by atoms with Crippen molar-refractivity contribution in [2.75, 3.05) is 26.3 Å². The van der Waals surface area contributed by atoms with E-state index >= 15 is 0 Å². The summed E-state index contributed by atoms with van der Waals surface area (Å²) in [5.74, 6) is 1.10. The number of piperidine rings is 1. The maximum Gasteiger partial charge on any atom is 0.243 e. The molecule has 1 amide bonds. The Morgan fingerprint density at radius 2 is 1.62 bits per heavy atom.